The number of hydrogen-bond donors (Lipinski definition) is 1. The van der Waals surface area contributed by atoms with E-state index in [4.69, 9.17) is 4.42 Å². The number of hydrogen-bond acceptors (Lipinski definition) is 5. The SMILES string of the molecule is CCCNC(C)c1cccnc1Sc1nc(C)c(C)o1. The fourth-order valence-electron chi connectivity index (χ4n) is 1.86. The summed E-state index contributed by atoms with van der Waals surface area (Å²) in [7, 11) is 0. The van der Waals surface area contributed by atoms with Crippen LogP contribution in [0.15, 0.2) is 33.0 Å². The molecule has 20 heavy (non-hydrogen) atoms. The van der Waals surface area contributed by atoms with E-state index >= 15 is 0 Å². The summed E-state index contributed by atoms with van der Waals surface area (Å²) in [6.07, 6.45) is 2.92. The number of aryl methyl sites for hydroxylation is 2. The highest BCUT2D eigenvalue weighted by molar-refractivity contribution is 7.99. The molecule has 2 heterocycles. The zero-order valence-corrected chi connectivity index (χ0v) is 13.3. The van der Waals surface area contributed by atoms with Gasteiger partial charge in [-0.05, 0) is 51.6 Å². The first-order valence-corrected chi connectivity index (χ1v) is 7.73. The summed E-state index contributed by atoms with van der Waals surface area (Å²) >= 11 is 1.48. The molecule has 0 radical (unpaired) electrons. The first-order valence-electron chi connectivity index (χ1n) is 6.92. The second kappa shape index (κ2) is 6.90. The van der Waals surface area contributed by atoms with Gasteiger partial charge in [-0.1, -0.05) is 13.0 Å². The van der Waals surface area contributed by atoms with Crippen molar-refractivity contribution in [1.82, 2.24) is 15.3 Å². The molecule has 4 nitrogen and oxygen atoms in total. The van der Waals surface area contributed by atoms with Crippen LogP contribution in [0.1, 0.15) is 43.3 Å². The van der Waals surface area contributed by atoms with Crippen LogP contribution < -0.4 is 5.32 Å². The van der Waals surface area contributed by atoms with E-state index in [1.807, 2.05) is 19.9 Å². The monoisotopic (exact) mass is 291 g/mol. The van der Waals surface area contributed by atoms with Crippen molar-refractivity contribution in [2.24, 2.45) is 0 Å². The fraction of sp³-hybridized carbons (Fsp3) is 0.467. The van der Waals surface area contributed by atoms with Gasteiger partial charge >= 0.3 is 0 Å². The summed E-state index contributed by atoms with van der Waals surface area (Å²) in [5, 5.41) is 5.09. The van der Waals surface area contributed by atoms with Crippen molar-refractivity contribution < 1.29 is 4.42 Å². The molecule has 0 saturated carbocycles. The predicted octanol–water partition coefficient (Wildman–Crippen LogP) is 3.90. The maximum Gasteiger partial charge on any atom is 0.262 e. The average molecular weight is 291 g/mol. The molecule has 2 rings (SSSR count). The topological polar surface area (TPSA) is 51.0 Å². The van der Waals surface area contributed by atoms with Crippen LogP contribution in [0.4, 0.5) is 0 Å². The third-order valence-corrected chi connectivity index (χ3v) is 4.04. The Morgan fingerprint density at radius 2 is 2.20 bits per heavy atom. The molecule has 5 heteroatoms. The van der Waals surface area contributed by atoms with Crippen molar-refractivity contribution in [2.45, 2.75) is 50.4 Å². The van der Waals surface area contributed by atoms with Crippen LogP contribution in [0.25, 0.3) is 0 Å². The van der Waals surface area contributed by atoms with E-state index in [0.29, 0.717) is 5.22 Å². The zero-order valence-electron chi connectivity index (χ0n) is 12.4. The molecule has 0 aliphatic heterocycles. The highest BCUT2D eigenvalue weighted by Gasteiger charge is 2.15. The molecule has 2 aromatic rings. The van der Waals surface area contributed by atoms with Gasteiger partial charge in [-0.3, -0.25) is 0 Å². The third-order valence-electron chi connectivity index (χ3n) is 3.16. The van der Waals surface area contributed by atoms with E-state index in [1.54, 1.807) is 6.20 Å². The number of rotatable bonds is 6. The maximum absolute atomic E-state index is 5.63. The molecule has 0 aliphatic carbocycles. The van der Waals surface area contributed by atoms with E-state index in [0.717, 1.165) is 29.4 Å². The summed E-state index contributed by atoms with van der Waals surface area (Å²) in [6.45, 7) is 9.20. The van der Waals surface area contributed by atoms with Gasteiger partial charge in [-0.2, -0.15) is 0 Å². The summed E-state index contributed by atoms with van der Waals surface area (Å²) in [6, 6.07) is 4.34. The van der Waals surface area contributed by atoms with Crippen LogP contribution in [0, 0.1) is 13.8 Å². The Bertz CT molecular complexity index is 548. The van der Waals surface area contributed by atoms with Crippen molar-refractivity contribution in [3.63, 3.8) is 0 Å². The second-order valence-corrected chi connectivity index (χ2v) is 5.74. The first-order chi connectivity index (χ1) is 9.61. The Balaban J connectivity index is 2.19. The molecule has 1 N–H and O–H groups in total. The van der Waals surface area contributed by atoms with Crippen molar-refractivity contribution in [3.8, 4) is 0 Å². The molecular formula is C15H21N3OS. The third kappa shape index (κ3) is 3.61. The summed E-state index contributed by atoms with van der Waals surface area (Å²) in [4.78, 5) is 8.87. The normalized spacial score (nSPS) is 12.6. The zero-order chi connectivity index (χ0) is 14.5. The highest BCUT2D eigenvalue weighted by Crippen LogP contribution is 2.31. The Morgan fingerprint density at radius 1 is 1.40 bits per heavy atom. The minimum atomic E-state index is 0.267. The van der Waals surface area contributed by atoms with E-state index in [2.05, 4.69) is 35.2 Å². The summed E-state index contributed by atoms with van der Waals surface area (Å²) < 4.78 is 5.63. The number of aromatic nitrogens is 2. The smallest absolute Gasteiger partial charge is 0.262 e. The Hall–Kier alpha value is -1.33. The van der Waals surface area contributed by atoms with E-state index in [-0.39, 0.29) is 6.04 Å². The van der Waals surface area contributed by atoms with E-state index < -0.39 is 0 Å². The van der Waals surface area contributed by atoms with Gasteiger partial charge in [0.05, 0.1) is 5.69 Å². The number of nitrogens with zero attached hydrogens (tertiary/aromatic N) is 2. The second-order valence-electron chi connectivity index (χ2n) is 4.80. The van der Waals surface area contributed by atoms with Gasteiger partial charge in [0.15, 0.2) is 0 Å². The van der Waals surface area contributed by atoms with Crippen LogP contribution >= 0.6 is 11.8 Å². The number of oxazole rings is 1. The van der Waals surface area contributed by atoms with Gasteiger partial charge in [0.25, 0.3) is 5.22 Å². The highest BCUT2D eigenvalue weighted by atomic mass is 32.2. The fourth-order valence-corrected chi connectivity index (χ4v) is 2.85. The number of pyridine rings is 1. The van der Waals surface area contributed by atoms with E-state index in [9.17, 15) is 0 Å². The molecule has 0 bridgehead atoms. The lowest BCUT2D eigenvalue weighted by molar-refractivity contribution is 0.430. The predicted molar refractivity (Wildman–Crippen MR) is 81.0 cm³/mol. The van der Waals surface area contributed by atoms with Crippen molar-refractivity contribution in [2.75, 3.05) is 6.54 Å². The lowest BCUT2D eigenvalue weighted by Crippen LogP contribution is -2.20. The van der Waals surface area contributed by atoms with Crippen LogP contribution in [0.5, 0.6) is 0 Å². The number of nitrogens with one attached hydrogen (secondary N) is 1. The molecule has 0 amide bonds. The van der Waals surface area contributed by atoms with Crippen LogP contribution in [-0.2, 0) is 0 Å². The Morgan fingerprint density at radius 3 is 2.85 bits per heavy atom. The quantitative estimate of drug-likeness (QED) is 0.874. The molecular weight excluding hydrogens is 270 g/mol. The van der Waals surface area contributed by atoms with Gasteiger partial charge in [0.2, 0.25) is 0 Å². The minimum Gasteiger partial charge on any atom is -0.436 e. The minimum absolute atomic E-state index is 0.267. The molecule has 2 aromatic heterocycles. The van der Waals surface area contributed by atoms with Gasteiger partial charge in [-0.25, -0.2) is 9.97 Å². The lowest BCUT2D eigenvalue weighted by atomic mass is 10.1. The molecule has 0 aliphatic rings. The van der Waals surface area contributed by atoms with Crippen LogP contribution in [0.2, 0.25) is 0 Å². The van der Waals surface area contributed by atoms with Crippen molar-refractivity contribution >= 4 is 11.8 Å². The average Bonchev–Trinajstić information content (AvgIpc) is 2.75. The maximum atomic E-state index is 5.63. The van der Waals surface area contributed by atoms with Gasteiger partial charge in [-0.15, -0.1) is 0 Å². The van der Waals surface area contributed by atoms with Gasteiger partial charge < -0.3 is 9.73 Å². The summed E-state index contributed by atoms with van der Waals surface area (Å²) in [5.74, 6) is 0.863. The van der Waals surface area contributed by atoms with Crippen LogP contribution in [0.3, 0.4) is 0 Å². The van der Waals surface area contributed by atoms with Crippen molar-refractivity contribution in [3.05, 3.63) is 35.3 Å². The molecule has 1 unspecified atom stereocenters. The molecule has 0 spiro atoms. The Kier molecular flexibility index (Phi) is 5.20. The van der Waals surface area contributed by atoms with Crippen molar-refractivity contribution in [1.29, 1.82) is 0 Å². The molecule has 0 fully saturated rings. The van der Waals surface area contributed by atoms with Gasteiger partial charge in [0, 0.05) is 17.8 Å². The molecule has 1 atom stereocenters. The molecule has 0 aromatic carbocycles. The standard InChI is InChI=1S/C15H21N3OS/c1-5-8-16-11(3)13-7-6-9-17-14(13)20-15-18-10(2)12(4)19-15/h6-7,9,11,16H,5,8H2,1-4H3. The lowest BCUT2D eigenvalue weighted by Gasteiger charge is -2.15. The molecule has 108 valence electrons. The Labute approximate surface area is 124 Å². The summed E-state index contributed by atoms with van der Waals surface area (Å²) in [5.41, 5.74) is 2.11. The molecule has 0 saturated heterocycles. The van der Waals surface area contributed by atoms with Crippen LogP contribution in [-0.4, -0.2) is 16.5 Å². The largest absolute Gasteiger partial charge is 0.436 e. The first kappa shape index (κ1) is 15.1. The van der Waals surface area contributed by atoms with Gasteiger partial charge in [0.1, 0.15) is 10.8 Å². The van der Waals surface area contributed by atoms with E-state index in [1.165, 1.54) is 17.3 Å².